The summed E-state index contributed by atoms with van der Waals surface area (Å²) < 4.78 is 24.2. The van der Waals surface area contributed by atoms with E-state index in [-0.39, 0.29) is 53.7 Å². The number of ether oxygens (including phenoxy) is 4. The van der Waals surface area contributed by atoms with E-state index in [0.717, 1.165) is 31.2 Å². The van der Waals surface area contributed by atoms with E-state index in [2.05, 4.69) is 18.8 Å². The van der Waals surface area contributed by atoms with E-state index in [0.29, 0.717) is 83.5 Å². The molecule has 0 aliphatic heterocycles. The van der Waals surface area contributed by atoms with Crippen molar-refractivity contribution in [2.24, 2.45) is 11.8 Å². The zero-order chi connectivity index (χ0) is 39.7. The number of hydrogen-bond donors (Lipinski definition) is 0. The number of carbonyl (C=O) groups is 4. The van der Waals surface area contributed by atoms with Gasteiger partial charge in [-0.3, -0.25) is 14.6 Å². The highest BCUT2D eigenvalue weighted by Gasteiger charge is 2.33. The fourth-order valence-electron chi connectivity index (χ4n) is 7.59. The Balaban J connectivity index is 0.967. The van der Waals surface area contributed by atoms with Gasteiger partial charge >= 0.3 is 23.9 Å². The summed E-state index contributed by atoms with van der Waals surface area (Å²) in [7, 11) is 0. The number of nitrogens with zero attached hydrogens (tertiary/aromatic N) is 2. The summed E-state index contributed by atoms with van der Waals surface area (Å²) in [5.41, 5.74) is 4.69. The van der Waals surface area contributed by atoms with Crippen molar-refractivity contribution in [3.63, 3.8) is 0 Å². The van der Waals surface area contributed by atoms with Crippen LogP contribution in [0.5, 0.6) is 11.5 Å². The molecule has 2 heterocycles. The molecule has 7 rings (SSSR count). The molecule has 0 spiro atoms. The van der Waals surface area contributed by atoms with Gasteiger partial charge in [0.05, 0.1) is 23.0 Å². The van der Waals surface area contributed by atoms with Crippen LogP contribution < -0.4 is 9.47 Å². The summed E-state index contributed by atoms with van der Waals surface area (Å²) >= 11 is 1.34. The van der Waals surface area contributed by atoms with Gasteiger partial charge in [-0.15, -0.1) is 11.3 Å². The lowest BCUT2D eigenvalue weighted by atomic mass is 9.87. The second-order valence-electron chi connectivity index (χ2n) is 15.0. The maximum absolute atomic E-state index is 13.5. The maximum atomic E-state index is 13.5. The first-order valence-corrected chi connectivity index (χ1v) is 21.0. The Morgan fingerprint density at radius 3 is 1.53 bits per heavy atom. The van der Waals surface area contributed by atoms with Crippen molar-refractivity contribution >= 4 is 45.4 Å². The smallest absolute Gasteiger partial charge is 0.338 e. The number of rotatable bonds is 13. The molecule has 11 heteroatoms. The minimum atomic E-state index is -0.373. The zero-order valence-electron chi connectivity index (χ0n) is 32.4. The van der Waals surface area contributed by atoms with Crippen LogP contribution in [0.15, 0.2) is 85.2 Å². The van der Waals surface area contributed by atoms with E-state index in [1.165, 1.54) is 22.5 Å². The molecule has 0 amide bonds. The first-order valence-electron chi connectivity index (χ1n) is 20.1. The zero-order valence-corrected chi connectivity index (χ0v) is 33.3. The molecule has 0 unspecified atom stereocenters. The number of hydrogen-bond acceptors (Lipinski definition) is 11. The fourth-order valence-corrected chi connectivity index (χ4v) is 8.63. The van der Waals surface area contributed by atoms with Gasteiger partial charge in [0.1, 0.15) is 27.4 Å². The van der Waals surface area contributed by atoms with Gasteiger partial charge in [-0.25, -0.2) is 14.6 Å². The van der Waals surface area contributed by atoms with Crippen molar-refractivity contribution in [2.45, 2.75) is 103 Å². The number of fused-ring (bicyclic) bond motifs is 1. The van der Waals surface area contributed by atoms with Crippen LogP contribution in [-0.2, 0) is 31.9 Å². The van der Waals surface area contributed by atoms with Crippen molar-refractivity contribution in [1.82, 2.24) is 9.97 Å². The van der Waals surface area contributed by atoms with E-state index >= 15 is 0 Å². The summed E-state index contributed by atoms with van der Waals surface area (Å²) in [5, 5.41) is 0.665. The molecule has 2 fully saturated rings. The van der Waals surface area contributed by atoms with E-state index < -0.39 is 0 Å². The van der Waals surface area contributed by atoms with Crippen molar-refractivity contribution in [3.8, 4) is 22.1 Å². The number of thiazole rings is 1. The average molecular weight is 789 g/mol. The second kappa shape index (κ2) is 18.7. The summed E-state index contributed by atoms with van der Waals surface area (Å²) in [6, 6.07) is 22.1. The molecule has 57 heavy (non-hydrogen) atoms. The molecule has 0 N–H and O–H groups in total. The van der Waals surface area contributed by atoms with Crippen LogP contribution in [0.3, 0.4) is 0 Å². The number of aromatic nitrogens is 2. The van der Waals surface area contributed by atoms with Gasteiger partial charge in [0, 0.05) is 18.0 Å². The lowest BCUT2D eigenvalue weighted by molar-refractivity contribution is -0.141. The van der Waals surface area contributed by atoms with Gasteiger partial charge in [0.15, 0.2) is 11.5 Å². The maximum Gasteiger partial charge on any atom is 0.338 e. The molecule has 2 aromatic heterocycles. The van der Waals surface area contributed by atoms with Crippen molar-refractivity contribution in [3.05, 3.63) is 107 Å². The molecule has 0 atom stereocenters. The molecule has 2 saturated carbocycles. The van der Waals surface area contributed by atoms with E-state index in [4.69, 9.17) is 23.9 Å². The number of aryl methyl sites for hydroxylation is 2. The molecule has 0 bridgehead atoms. The van der Waals surface area contributed by atoms with E-state index in [1.807, 2.05) is 60.7 Å². The highest BCUT2D eigenvalue weighted by molar-refractivity contribution is 7.22. The predicted molar refractivity (Wildman–Crippen MR) is 217 cm³/mol. The topological polar surface area (TPSA) is 131 Å². The number of carbonyl (C=O) groups excluding carboxylic acids is 4. The second-order valence-corrected chi connectivity index (χ2v) is 16.0. The van der Waals surface area contributed by atoms with Crippen molar-refractivity contribution in [2.75, 3.05) is 0 Å². The minimum Gasteiger partial charge on any atom is -0.459 e. The van der Waals surface area contributed by atoms with Crippen LogP contribution in [0.4, 0.5) is 0 Å². The highest BCUT2D eigenvalue weighted by Crippen LogP contribution is 2.42. The number of esters is 4. The Hall–Kier alpha value is -5.42. The Morgan fingerprint density at radius 2 is 1.05 bits per heavy atom. The molecule has 2 aliphatic carbocycles. The fraction of sp³-hybridized carbons (Fsp3) is 0.391. The third-order valence-electron chi connectivity index (χ3n) is 10.8. The van der Waals surface area contributed by atoms with Gasteiger partial charge in [-0.05, 0) is 124 Å². The normalized spacial score (nSPS) is 19.4. The molecule has 5 aromatic rings. The summed E-state index contributed by atoms with van der Waals surface area (Å²) in [5.74, 6) is -1.51. The number of pyridine rings is 1. The van der Waals surface area contributed by atoms with Crippen LogP contribution in [0.1, 0.15) is 110 Å². The molecular formula is C46H48N2O8S. The van der Waals surface area contributed by atoms with Crippen LogP contribution in [0, 0.1) is 11.8 Å². The number of benzene rings is 3. The first kappa shape index (κ1) is 39.8. The van der Waals surface area contributed by atoms with Gasteiger partial charge < -0.3 is 18.9 Å². The Labute approximate surface area is 336 Å². The first-order chi connectivity index (χ1) is 27.8. The minimum absolute atomic E-state index is 0.264. The monoisotopic (exact) mass is 788 g/mol. The predicted octanol–water partition coefficient (Wildman–Crippen LogP) is 9.91. The molecule has 10 nitrogen and oxygen atoms in total. The van der Waals surface area contributed by atoms with Gasteiger partial charge in [-0.1, -0.05) is 51.0 Å². The molecule has 0 saturated heterocycles. The third-order valence-corrected chi connectivity index (χ3v) is 12.0. The molecule has 3 aromatic carbocycles. The molecule has 0 radical (unpaired) electrons. The molecule has 296 valence electrons. The highest BCUT2D eigenvalue weighted by atomic mass is 32.1. The standard InChI is InChI=1S/C46H48N2O8S/c1-3-5-29-7-11-32(12-8-29)43(49)53-36-19-15-34(16-20-36)45(51)55-38-23-24-39(41-40(38)48-42(57-41)31-25-27-47-28-26-31)56-46(52)35-17-21-37(22-18-35)54-44(50)33-13-9-30(6-4-2)10-14-33/h7-14,23-28,34-37H,3-6,15-22H2,1-2H3. The van der Waals surface area contributed by atoms with Gasteiger partial charge in [0.25, 0.3) is 0 Å². The van der Waals surface area contributed by atoms with Crippen LogP contribution in [-0.4, -0.2) is 46.1 Å². The lowest BCUT2D eigenvalue weighted by Gasteiger charge is -2.27. The quantitative estimate of drug-likeness (QED) is 0.0839. The van der Waals surface area contributed by atoms with E-state index in [9.17, 15) is 19.2 Å². The molecular weight excluding hydrogens is 741 g/mol. The van der Waals surface area contributed by atoms with Gasteiger partial charge in [-0.2, -0.15) is 0 Å². The van der Waals surface area contributed by atoms with Crippen LogP contribution in [0.25, 0.3) is 20.8 Å². The Morgan fingerprint density at radius 1 is 0.596 bits per heavy atom. The summed E-state index contributed by atoms with van der Waals surface area (Å²) in [6.45, 7) is 4.24. The SMILES string of the molecule is CCCc1ccc(C(=O)OC2CCC(C(=O)Oc3ccc(OC(=O)C4CCC(OC(=O)c5ccc(CCC)cc5)CC4)c4sc(-c5ccncc5)nc34)CC2)cc1. The Bertz CT molecular complexity index is 2030. The van der Waals surface area contributed by atoms with Crippen molar-refractivity contribution in [1.29, 1.82) is 0 Å². The Kier molecular flexibility index (Phi) is 13.0. The largest absolute Gasteiger partial charge is 0.459 e. The van der Waals surface area contributed by atoms with Crippen molar-refractivity contribution < 1.29 is 38.1 Å². The summed E-state index contributed by atoms with van der Waals surface area (Å²) in [4.78, 5) is 61.6. The van der Waals surface area contributed by atoms with Crippen LogP contribution in [0.2, 0.25) is 0 Å². The third kappa shape index (κ3) is 9.94. The van der Waals surface area contributed by atoms with Gasteiger partial charge in [0.2, 0.25) is 0 Å². The van der Waals surface area contributed by atoms with E-state index in [1.54, 1.807) is 24.5 Å². The summed E-state index contributed by atoms with van der Waals surface area (Å²) in [6.07, 6.45) is 11.2. The average Bonchev–Trinajstić information content (AvgIpc) is 3.70. The van der Waals surface area contributed by atoms with Crippen LogP contribution >= 0.6 is 11.3 Å². The molecule has 2 aliphatic rings. The lowest BCUT2D eigenvalue weighted by Crippen LogP contribution is -2.30.